The maximum absolute atomic E-state index is 12.6. The van der Waals surface area contributed by atoms with E-state index < -0.39 is 11.7 Å². The monoisotopic (exact) mass is 319 g/mol. The van der Waals surface area contributed by atoms with Crippen LogP contribution in [0, 0.1) is 0 Å². The van der Waals surface area contributed by atoms with Gasteiger partial charge in [0.1, 0.15) is 0 Å². The first-order chi connectivity index (χ1) is 10.4. The van der Waals surface area contributed by atoms with Crippen molar-refractivity contribution in [1.29, 1.82) is 0 Å². The quantitative estimate of drug-likeness (QED) is 0.781. The highest BCUT2D eigenvalue weighted by molar-refractivity contribution is 5.26. The average molecular weight is 319 g/mol. The van der Waals surface area contributed by atoms with Gasteiger partial charge in [-0.3, -0.25) is 4.90 Å². The Kier molecular flexibility index (Phi) is 5.80. The SMILES string of the molecule is COC(CN1CCO[C@H](c2ccc(C(F)(F)F)cc2)C1)OC. The molecule has 1 aromatic rings. The van der Waals surface area contributed by atoms with Crippen LogP contribution in [0.4, 0.5) is 13.2 Å². The van der Waals surface area contributed by atoms with Crippen molar-refractivity contribution >= 4 is 0 Å². The second-order valence-electron chi connectivity index (χ2n) is 5.14. The third-order valence-corrected chi connectivity index (χ3v) is 3.69. The molecule has 0 N–H and O–H groups in total. The largest absolute Gasteiger partial charge is 0.416 e. The highest BCUT2D eigenvalue weighted by Gasteiger charge is 2.31. The summed E-state index contributed by atoms with van der Waals surface area (Å²) in [6.45, 7) is 2.44. The van der Waals surface area contributed by atoms with Gasteiger partial charge in [-0.1, -0.05) is 12.1 Å². The molecule has 0 spiro atoms. The topological polar surface area (TPSA) is 30.9 Å². The summed E-state index contributed by atoms with van der Waals surface area (Å²) in [4.78, 5) is 2.11. The Balaban J connectivity index is 2.00. The zero-order chi connectivity index (χ0) is 16.2. The molecular weight excluding hydrogens is 299 g/mol. The summed E-state index contributed by atoms with van der Waals surface area (Å²) in [7, 11) is 3.14. The third-order valence-electron chi connectivity index (χ3n) is 3.69. The van der Waals surface area contributed by atoms with Crippen LogP contribution in [0.1, 0.15) is 17.2 Å². The van der Waals surface area contributed by atoms with E-state index in [1.807, 2.05) is 0 Å². The van der Waals surface area contributed by atoms with Crippen LogP contribution in [-0.4, -0.2) is 51.7 Å². The van der Waals surface area contributed by atoms with Crippen molar-refractivity contribution in [2.24, 2.45) is 0 Å². The van der Waals surface area contributed by atoms with Crippen LogP contribution in [0.25, 0.3) is 0 Å². The fourth-order valence-corrected chi connectivity index (χ4v) is 2.41. The van der Waals surface area contributed by atoms with Gasteiger partial charge in [-0.15, -0.1) is 0 Å². The van der Waals surface area contributed by atoms with Crippen molar-refractivity contribution in [2.45, 2.75) is 18.6 Å². The van der Waals surface area contributed by atoms with Gasteiger partial charge in [0, 0.05) is 33.9 Å². The number of alkyl halides is 3. The number of rotatable bonds is 5. The number of halogens is 3. The number of hydrogen-bond acceptors (Lipinski definition) is 4. The molecule has 0 amide bonds. The molecule has 4 nitrogen and oxygen atoms in total. The molecule has 0 unspecified atom stereocenters. The number of nitrogens with zero attached hydrogens (tertiary/aromatic N) is 1. The Morgan fingerprint density at radius 1 is 1.23 bits per heavy atom. The van der Waals surface area contributed by atoms with Crippen molar-refractivity contribution in [3.05, 3.63) is 35.4 Å². The summed E-state index contributed by atoms with van der Waals surface area (Å²) >= 11 is 0. The minimum Gasteiger partial charge on any atom is -0.371 e. The number of ether oxygens (including phenoxy) is 3. The third kappa shape index (κ3) is 4.42. The van der Waals surface area contributed by atoms with Crippen LogP contribution in [0.3, 0.4) is 0 Å². The maximum Gasteiger partial charge on any atom is 0.416 e. The Labute approximate surface area is 127 Å². The van der Waals surface area contributed by atoms with Crippen molar-refractivity contribution in [3.63, 3.8) is 0 Å². The van der Waals surface area contributed by atoms with E-state index in [0.717, 1.165) is 24.2 Å². The standard InChI is InChI=1S/C15H20F3NO3/c1-20-14(21-2)10-19-7-8-22-13(9-19)11-3-5-12(6-4-11)15(16,17)18/h3-6,13-14H,7-10H2,1-2H3/t13-/m0/s1. The molecule has 1 atom stereocenters. The molecule has 0 aliphatic carbocycles. The van der Waals surface area contributed by atoms with E-state index in [-0.39, 0.29) is 12.4 Å². The van der Waals surface area contributed by atoms with Crippen molar-refractivity contribution in [2.75, 3.05) is 40.5 Å². The molecule has 1 heterocycles. The highest BCUT2D eigenvalue weighted by Crippen LogP contribution is 2.31. The van der Waals surface area contributed by atoms with Gasteiger partial charge in [0.25, 0.3) is 0 Å². The molecule has 1 aliphatic rings. The summed E-state index contributed by atoms with van der Waals surface area (Å²) in [6.07, 6.45) is -4.89. The molecule has 1 aliphatic heterocycles. The fourth-order valence-electron chi connectivity index (χ4n) is 2.41. The summed E-state index contributed by atoms with van der Waals surface area (Å²) < 4.78 is 53.7. The van der Waals surface area contributed by atoms with Crippen molar-refractivity contribution in [1.82, 2.24) is 4.90 Å². The molecule has 124 valence electrons. The molecule has 7 heteroatoms. The van der Waals surface area contributed by atoms with E-state index in [9.17, 15) is 13.2 Å². The lowest BCUT2D eigenvalue weighted by Gasteiger charge is -2.34. The smallest absolute Gasteiger partial charge is 0.371 e. The molecular formula is C15H20F3NO3. The number of methoxy groups -OCH3 is 2. The van der Waals surface area contributed by atoms with Crippen LogP contribution in [0.2, 0.25) is 0 Å². The molecule has 22 heavy (non-hydrogen) atoms. The highest BCUT2D eigenvalue weighted by atomic mass is 19.4. The van der Waals surface area contributed by atoms with E-state index in [1.165, 1.54) is 12.1 Å². The lowest BCUT2D eigenvalue weighted by atomic mass is 10.1. The Hall–Kier alpha value is -1.15. The first-order valence-electron chi connectivity index (χ1n) is 7.00. The van der Waals surface area contributed by atoms with Crippen LogP contribution in [-0.2, 0) is 20.4 Å². The minimum absolute atomic E-state index is 0.245. The average Bonchev–Trinajstić information content (AvgIpc) is 2.52. The van der Waals surface area contributed by atoms with Gasteiger partial charge in [-0.05, 0) is 17.7 Å². The second-order valence-corrected chi connectivity index (χ2v) is 5.14. The Morgan fingerprint density at radius 3 is 2.41 bits per heavy atom. The second kappa shape index (κ2) is 7.41. The first-order valence-corrected chi connectivity index (χ1v) is 7.00. The van der Waals surface area contributed by atoms with E-state index in [1.54, 1.807) is 14.2 Å². The van der Waals surface area contributed by atoms with Crippen LogP contribution < -0.4 is 0 Å². The van der Waals surface area contributed by atoms with Gasteiger partial charge in [-0.2, -0.15) is 13.2 Å². The fraction of sp³-hybridized carbons (Fsp3) is 0.600. The summed E-state index contributed by atoms with van der Waals surface area (Å²) in [5.41, 5.74) is 0.0897. The van der Waals surface area contributed by atoms with Gasteiger partial charge in [0.05, 0.1) is 18.3 Å². The number of benzene rings is 1. The van der Waals surface area contributed by atoms with Crippen LogP contribution in [0.15, 0.2) is 24.3 Å². The molecule has 1 aromatic carbocycles. The van der Waals surface area contributed by atoms with Gasteiger partial charge in [-0.25, -0.2) is 0 Å². The van der Waals surface area contributed by atoms with Crippen LogP contribution >= 0.6 is 0 Å². The van der Waals surface area contributed by atoms with E-state index >= 15 is 0 Å². The summed E-state index contributed by atoms with van der Waals surface area (Å²) in [6, 6.07) is 5.12. The molecule has 1 saturated heterocycles. The lowest BCUT2D eigenvalue weighted by Crippen LogP contribution is -2.43. The first kappa shape index (κ1) is 17.2. The van der Waals surface area contributed by atoms with E-state index in [4.69, 9.17) is 14.2 Å². The zero-order valence-electron chi connectivity index (χ0n) is 12.6. The lowest BCUT2D eigenvalue weighted by molar-refractivity contribution is -0.137. The molecule has 0 saturated carbocycles. The minimum atomic E-state index is -4.32. The van der Waals surface area contributed by atoms with Gasteiger partial charge >= 0.3 is 6.18 Å². The molecule has 2 rings (SSSR count). The van der Waals surface area contributed by atoms with Gasteiger partial charge in [0.15, 0.2) is 6.29 Å². The maximum atomic E-state index is 12.6. The number of hydrogen-bond donors (Lipinski definition) is 0. The normalized spacial score (nSPS) is 20.5. The molecule has 0 bridgehead atoms. The molecule has 0 aromatic heterocycles. The summed E-state index contributed by atoms with van der Waals surface area (Å²) in [5.74, 6) is 0. The number of morpholine rings is 1. The van der Waals surface area contributed by atoms with E-state index in [2.05, 4.69) is 4.90 Å². The summed E-state index contributed by atoms with van der Waals surface area (Å²) in [5, 5.41) is 0. The molecule has 1 fully saturated rings. The van der Waals surface area contributed by atoms with Gasteiger partial charge in [0.2, 0.25) is 0 Å². The van der Waals surface area contributed by atoms with Crippen LogP contribution in [0.5, 0.6) is 0 Å². The predicted octanol–water partition coefficient (Wildman–Crippen LogP) is 2.70. The Bertz CT molecular complexity index is 460. The van der Waals surface area contributed by atoms with Gasteiger partial charge < -0.3 is 14.2 Å². The van der Waals surface area contributed by atoms with E-state index in [0.29, 0.717) is 19.7 Å². The predicted molar refractivity (Wildman–Crippen MR) is 74.4 cm³/mol. The Morgan fingerprint density at radius 2 is 1.86 bits per heavy atom. The van der Waals surface area contributed by atoms with Crippen molar-refractivity contribution < 1.29 is 27.4 Å². The van der Waals surface area contributed by atoms with Crippen molar-refractivity contribution in [3.8, 4) is 0 Å². The molecule has 0 radical (unpaired) electrons. The zero-order valence-corrected chi connectivity index (χ0v) is 12.6.